The molecule has 1 heterocycles. The molecule has 0 aliphatic carbocycles. The van der Waals surface area contributed by atoms with Gasteiger partial charge in [0, 0.05) is 22.9 Å². The highest BCUT2D eigenvalue weighted by molar-refractivity contribution is 7.23. The maximum Gasteiger partial charge on any atom is 0.298 e. The number of hydrogen-bond donors (Lipinski definition) is 0. The van der Waals surface area contributed by atoms with Gasteiger partial charge in [-0.3, -0.25) is 4.79 Å². The molecule has 7 rings (SSSR count). The Labute approximate surface area is 282 Å². The molecule has 0 radical (unpaired) electrons. The van der Waals surface area contributed by atoms with Crippen molar-refractivity contribution in [3.8, 4) is 27.7 Å². The predicted octanol–water partition coefficient (Wildman–Crippen LogP) is 9.50. The summed E-state index contributed by atoms with van der Waals surface area (Å²) in [4.78, 5) is 14.5. The van der Waals surface area contributed by atoms with Crippen molar-refractivity contribution in [3.05, 3.63) is 209 Å². The third-order valence-electron chi connectivity index (χ3n) is 8.36. The normalized spacial score (nSPS) is 11.6. The van der Waals surface area contributed by atoms with Crippen LogP contribution in [0.2, 0.25) is 0 Å². The van der Waals surface area contributed by atoms with Crippen LogP contribution in [0, 0.1) is 0 Å². The molecule has 6 heteroatoms. The van der Waals surface area contributed by atoms with Crippen LogP contribution in [-0.4, -0.2) is 15.1 Å². The molecule has 7 aromatic rings. The summed E-state index contributed by atoms with van der Waals surface area (Å²) >= 11 is 0. The van der Waals surface area contributed by atoms with Gasteiger partial charge in [-0.1, -0.05) is 121 Å². The Kier molecular flexibility index (Phi) is 9.01. The molecular weight excluding hydrogens is 615 g/mol. The molecule has 0 spiro atoms. The number of nitrogens with zero attached hydrogens (tertiary/aromatic N) is 1. The first-order chi connectivity index (χ1) is 23.6. The zero-order valence-corrected chi connectivity index (χ0v) is 27.0. The van der Waals surface area contributed by atoms with Crippen molar-refractivity contribution in [2.24, 2.45) is 0 Å². The van der Waals surface area contributed by atoms with Gasteiger partial charge in [-0.25, -0.2) is 0 Å². The van der Waals surface area contributed by atoms with Crippen LogP contribution in [0.4, 0.5) is 0 Å². The lowest BCUT2D eigenvalue weighted by Crippen LogP contribution is -2.42. The van der Waals surface area contributed by atoms with E-state index in [1.54, 1.807) is 0 Å². The molecule has 0 saturated heterocycles. The number of aromatic nitrogens is 1. The van der Waals surface area contributed by atoms with E-state index in [2.05, 4.69) is 6.07 Å². The van der Waals surface area contributed by atoms with E-state index in [9.17, 15) is 9.35 Å². The highest BCUT2D eigenvalue weighted by Crippen LogP contribution is 2.45. The molecule has 0 aliphatic heterocycles. The van der Waals surface area contributed by atoms with E-state index in [1.807, 2.05) is 164 Å². The van der Waals surface area contributed by atoms with Crippen molar-refractivity contribution < 1.29 is 14.0 Å². The number of para-hydroxylation sites is 1. The standard InChI is InChI=1S/C42H33NO4S/c44-41-31-40(33-24-26-37(27-25-33)46-29-28-32-14-13-23-39(30-32)47-38-21-11-4-12-22-38)48(45)43(41)42(34-15-5-1-6-16-34,35-17-7-2-8-18-35)36-19-9-3-10-20-36/h1-27,30-31H,28-29H2. The van der Waals surface area contributed by atoms with Gasteiger partial charge in [0.25, 0.3) is 5.56 Å². The van der Waals surface area contributed by atoms with Crippen LogP contribution in [0.25, 0.3) is 10.4 Å². The van der Waals surface area contributed by atoms with Gasteiger partial charge in [-0.15, -0.1) is 3.96 Å². The summed E-state index contributed by atoms with van der Waals surface area (Å²) in [6.07, 6.45) is 0.701. The fourth-order valence-corrected chi connectivity index (χ4v) is 7.67. The van der Waals surface area contributed by atoms with Crippen LogP contribution in [0.3, 0.4) is 0 Å². The third-order valence-corrected chi connectivity index (χ3v) is 9.88. The Morgan fingerprint density at radius 3 is 1.65 bits per heavy atom. The molecule has 1 atom stereocenters. The fourth-order valence-electron chi connectivity index (χ4n) is 6.16. The first kappa shape index (κ1) is 30.9. The van der Waals surface area contributed by atoms with Gasteiger partial charge >= 0.3 is 0 Å². The van der Waals surface area contributed by atoms with Crippen LogP contribution in [0.5, 0.6) is 17.2 Å². The lowest BCUT2D eigenvalue weighted by Gasteiger charge is -2.34. The quantitative estimate of drug-likeness (QED) is 0.104. The van der Waals surface area contributed by atoms with Gasteiger partial charge in [0.1, 0.15) is 17.2 Å². The summed E-state index contributed by atoms with van der Waals surface area (Å²) in [5.74, 6) is 2.26. The number of benzene rings is 6. The van der Waals surface area contributed by atoms with Crippen LogP contribution in [0.1, 0.15) is 22.3 Å². The lowest BCUT2D eigenvalue weighted by atomic mass is 9.77. The lowest BCUT2D eigenvalue weighted by molar-refractivity contribution is 0.322. The molecule has 0 amide bonds. The fraction of sp³-hybridized carbons (Fsp3) is 0.0714. The molecule has 0 fully saturated rings. The SMILES string of the molecule is O=c1cc(-c2ccc(OCCc3cccc(Oc4ccccc4)c3)cc2)[s+]([O-])n1C(c1ccccc1)(c1ccccc1)c1ccccc1. The van der Waals surface area contributed by atoms with E-state index < -0.39 is 16.5 Å². The molecule has 0 bridgehead atoms. The van der Waals surface area contributed by atoms with Crippen molar-refractivity contribution in [1.82, 2.24) is 3.96 Å². The summed E-state index contributed by atoms with van der Waals surface area (Å²) in [7, 11) is -1.81. The van der Waals surface area contributed by atoms with Crippen molar-refractivity contribution in [3.63, 3.8) is 0 Å². The predicted molar refractivity (Wildman–Crippen MR) is 192 cm³/mol. The Morgan fingerprint density at radius 1 is 0.562 bits per heavy atom. The maximum absolute atomic E-state index is 14.5. The average Bonchev–Trinajstić information content (AvgIpc) is 3.44. The maximum atomic E-state index is 14.5. The first-order valence-electron chi connectivity index (χ1n) is 15.8. The smallest absolute Gasteiger partial charge is 0.298 e. The summed E-state index contributed by atoms with van der Waals surface area (Å²) < 4.78 is 28.1. The monoisotopic (exact) mass is 647 g/mol. The molecule has 1 unspecified atom stereocenters. The Morgan fingerprint density at radius 2 is 1.08 bits per heavy atom. The Balaban J connectivity index is 1.16. The molecule has 48 heavy (non-hydrogen) atoms. The van der Waals surface area contributed by atoms with E-state index >= 15 is 0 Å². The first-order valence-corrected chi connectivity index (χ1v) is 16.9. The van der Waals surface area contributed by atoms with Gasteiger partial charge < -0.3 is 14.0 Å². The second-order valence-corrected chi connectivity index (χ2v) is 12.7. The van der Waals surface area contributed by atoms with Crippen LogP contribution in [-0.2, 0) is 12.0 Å². The van der Waals surface area contributed by atoms with Crippen LogP contribution < -0.4 is 15.0 Å². The molecule has 236 valence electrons. The zero-order valence-electron chi connectivity index (χ0n) is 26.1. The number of rotatable bonds is 11. The largest absolute Gasteiger partial charge is 0.570 e. The van der Waals surface area contributed by atoms with Crippen molar-refractivity contribution in [1.29, 1.82) is 0 Å². The highest BCUT2D eigenvalue weighted by atomic mass is 32.2. The molecule has 0 saturated carbocycles. The van der Waals surface area contributed by atoms with E-state index in [-0.39, 0.29) is 5.56 Å². The summed E-state index contributed by atoms with van der Waals surface area (Å²) in [5, 5.41) is 0. The second kappa shape index (κ2) is 14.0. The van der Waals surface area contributed by atoms with Crippen molar-refractivity contribution in [2.45, 2.75) is 12.0 Å². The topological polar surface area (TPSA) is 63.5 Å². The van der Waals surface area contributed by atoms with Gasteiger partial charge in [0.15, 0.2) is 5.54 Å². The third kappa shape index (κ3) is 6.19. The van der Waals surface area contributed by atoms with Gasteiger partial charge in [-0.05, 0) is 70.8 Å². The van der Waals surface area contributed by atoms with Crippen LogP contribution >= 0.6 is 10.9 Å². The Bertz CT molecular complexity index is 2050. The second-order valence-electron chi connectivity index (χ2n) is 11.4. The molecule has 6 aromatic carbocycles. The minimum atomic E-state index is -1.81. The average molecular weight is 648 g/mol. The van der Waals surface area contributed by atoms with E-state index in [0.717, 1.165) is 33.8 Å². The van der Waals surface area contributed by atoms with Gasteiger partial charge in [0.05, 0.1) is 12.7 Å². The molecule has 5 nitrogen and oxygen atoms in total. The summed E-state index contributed by atoms with van der Waals surface area (Å²) in [6.45, 7) is 0.475. The summed E-state index contributed by atoms with van der Waals surface area (Å²) in [5.41, 5.74) is 2.89. The molecule has 0 N–H and O–H groups in total. The Hall–Kier alpha value is -5.69. The zero-order chi connectivity index (χ0) is 32.8. The molecule has 0 aliphatic rings. The van der Waals surface area contributed by atoms with Crippen molar-refractivity contribution in [2.75, 3.05) is 6.61 Å². The minimum Gasteiger partial charge on any atom is -0.570 e. The van der Waals surface area contributed by atoms with Gasteiger partial charge in [-0.2, -0.15) is 0 Å². The van der Waals surface area contributed by atoms with Crippen molar-refractivity contribution >= 4 is 10.9 Å². The summed E-state index contributed by atoms with van der Waals surface area (Å²) in [6, 6.07) is 56.0. The minimum absolute atomic E-state index is 0.321. The number of ether oxygens (including phenoxy) is 2. The molecular formula is C42H33NO4S. The molecule has 1 aromatic heterocycles. The van der Waals surface area contributed by atoms with E-state index in [0.29, 0.717) is 29.2 Å². The highest BCUT2D eigenvalue weighted by Gasteiger charge is 2.45. The van der Waals surface area contributed by atoms with Gasteiger partial charge in [0.2, 0.25) is 4.88 Å². The van der Waals surface area contributed by atoms with E-state index in [1.165, 1.54) is 10.0 Å². The van der Waals surface area contributed by atoms with Crippen LogP contribution in [0.15, 0.2) is 181 Å². The van der Waals surface area contributed by atoms with E-state index in [4.69, 9.17) is 9.47 Å². The number of hydrogen-bond acceptors (Lipinski definition) is 4.